The van der Waals surface area contributed by atoms with Crippen molar-refractivity contribution in [3.8, 4) is 0 Å². The second kappa shape index (κ2) is 8.33. The zero-order chi connectivity index (χ0) is 19.4. The molecule has 0 atom stereocenters. The fourth-order valence-corrected chi connectivity index (χ4v) is 3.86. The van der Waals surface area contributed by atoms with Crippen molar-refractivity contribution in [1.29, 1.82) is 0 Å². The zero-order valence-corrected chi connectivity index (χ0v) is 16.7. The van der Waals surface area contributed by atoms with E-state index in [1.54, 1.807) is 0 Å². The molecule has 0 radical (unpaired) electrons. The van der Waals surface area contributed by atoms with Gasteiger partial charge in [-0.25, -0.2) is 14.5 Å². The van der Waals surface area contributed by atoms with Crippen molar-refractivity contribution >= 4 is 17.0 Å². The lowest BCUT2D eigenvalue weighted by molar-refractivity contribution is 0.564. The third-order valence-electron chi connectivity index (χ3n) is 5.15. The average molecular weight is 364 g/mol. The van der Waals surface area contributed by atoms with E-state index in [1.165, 1.54) is 36.8 Å². The summed E-state index contributed by atoms with van der Waals surface area (Å²) in [5.41, 5.74) is 12.4. The Hall–Kier alpha value is -2.69. The molecule has 0 fully saturated rings. The molecule has 0 saturated carbocycles. The minimum Gasteiger partial charge on any atom is -0.368 e. The molecule has 3 aromatic heterocycles. The predicted octanol–water partition coefficient (Wildman–Crippen LogP) is 5.15. The van der Waals surface area contributed by atoms with Gasteiger partial charge in [-0.1, -0.05) is 32.8 Å². The van der Waals surface area contributed by atoms with Gasteiger partial charge in [-0.2, -0.15) is 5.10 Å². The fourth-order valence-electron chi connectivity index (χ4n) is 3.86. The summed E-state index contributed by atoms with van der Waals surface area (Å²) in [6, 6.07) is 4.34. The van der Waals surface area contributed by atoms with E-state index < -0.39 is 0 Å². The number of allylic oxidation sites excluding steroid dienone is 1. The Kier molecular flexibility index (Phi) is 5.89. The van der Waals surface area contributed by atoms with Gasteiger partial charge >= 0.3 is 0 Å². The number of hydrogen-bond acceptors (Lipinski definition) is 4. The number of nitrogens with two attached hydrogens (primary N) is 1. The van der Waals surface area contributed by atoms with Crippen molar-refractivity contribution in [2.75, 3.05) is 5.73 Å². The molecule has 3 heterocycles. The highest BCUT2D eigenvalue weighted by Gasteiger charge is 2.17. The first-order chi connectivity index (χ1) is 13.1. The largest absolute Gasteiger partial charge is 0.368 e. The van der Waals surface area contributed by atoms with E-state index in [0.717, 1.165) is 22.4 Å². The molecule has 0 saturated heterocycles. The minimum absolute atomic E-state index is 0.308. The Labute approximate surface area is 161 Å². The highest BCUT2D eigenvalue weighted by atomic mass is 15.2. The van der Waals surface area contributed by atoms with Crippen LogP contribution in [0.5, 0.6) is 0 Å². The van der Waals surface area contributed by atoms with Gasteiger partial charge in [0.2, 0.25) is 5.95 Å². The summed E-state index contributed by atoms with van der Waals surface area (Å²) in [4.78, 5) is 8.51. The number of pyridine rings is 1. The van der Waals surface area contributed by atoms with Crippen LogP contribution >= 0.6 is 0 Å². The molecule has 27 heavy (non-hydrogen) atoms. The van der Waals surface area contributed by atoms with Crippen LogP contribution in [0.4, 0.5) is 5.95 Å². The van der Waals surface area contributed by atoms with Gasteiger partial charge in [0, 0.05) is 23.5 Å². The van der Waals surface area contributed by atoms with Gasteiger partial charge in [0.1, 0.15) is 0 Å². The first kappa shape index (κ1) is 19.1. The molecule has 0 aliphatic rings. The quantitative estimate of drug-likeness (QED) is 0.630. The summed E-state index contributed by atoms with van der Waals surface area (Å²) in [5.74, 6) is 0.866. The van der Waals surface area contributed by atoms with Gasteiger partial charge in [0.05, 0.1) is 17.4 Å². The maximum absolute atomic E-state index is 5.73. The number of aromatic nitrogens is 4. The third-order valence-corrected chi connectivity index (χ3v) is 5.15. The maximum Gasteiger partial charge on any atom is 0.220 e. The number of aryl methyl sites for hydroxylation is 1. The predicted molar refractivity (Wildman–Crippen MR) is 112 cm³/mol. The molecule has 3 aromatic rings. The van der Waals surface area contributed by atoms with Crippen molar-refractivity contribution in [3.63, 3.8) is 0 Å². The van der Waals surface area contributed by atoms with E-state index in [1.807, 2.05) is 37.0 Å². The van der Waals surface area contributed by atoms with Gasteiger partial charge in [-0.15, -0.1) is 0 Å². The van der Waals surface area contributed by atoms with Crippen molar-refractivity contribution in [2.24, 2.45) is 0 Å². The number of nitrogens with zero attached hydrogens (tertiary/aromatic N) is 4. The molecule has 2 N–H and O–H groups in total. The molecule has 3 rings (SSSR count). The maximum atomic E-state index is 5.73. The van der Waals surface area contributed by atoms with Crippen molar-refractivity contribution in [1.82, 2.24) is 19.6 Å². The molecule has 5 heteroatoms. The van der Waals surface area contributed by atoms with Crippen LogP contribution < -0.4 is 5.73 Å². The highest BCUT2D eigenvalue weighted by molar-refractivity contribution is 5.82. The summed E-state index contributed by atoms with van der Waals surface area (Å²) < 4.78 is 1.98. The van der Waals surface area contributed by atoms with Gasteiger partial charge < -0.3 is 5.73 Å². The second-order valence-corrected chi connectivity index (χ2v) is 7.05. The van der Waals surface area contributed by atoms with Gasteiger partial charge in [-0.05, 0) is 55.9 Å². The molecular weight excluding hydrogens is 334 g/mol. The van der Waals surface area contributed by atoms with Crippen LogP contribution in [0, 0.1) is 6.92 Å². The van der Waals surface area contributed by atoms with E-state index in [2.05, 4.69) is 47.1 Å². The Morgan fingerprint density at radius 2 is 1.96 bits per heavy atom. The number of anilines is 1. The summed E-state index contributed by atoms with van der Waals surface area (Å²) >= 11 is 0. The SMILES string of the molecule is C/C=C(/c1ccn2ncc(C(CCC)CCC)c2c1)c1cnc(N)nc1C. The normalized spacial score (nSPS) is 12.3. The van der Waals surface area contributed by atoms with Crippen molar-refractivity contribution in [2.45, 2.75) is 59.3 Å². The first-order valence-electron chi connectivity index (χ1n) is 9.82. The van der Waals surface area contributed by atoms with Crippen LogP contribution in [0.1, 0.15) is 74.8 Å². The molecule has 142 valence electrons. The van der Waals surface area contributed by atoms with Crippen molar-refractivity contribution in [3.05, 3.63) is 59.2 Å². The Morgan fingerprint density at radius 3 is 2.59 bits per heavy atom. The lowest BCUT2D eigenvalue weighted by Gasteiger charge is -2.15. The zero-order valence-electron chi connectivity index (χ0n) is 16.7. The molecule has 5 nitrogen and oxygen atoms in total. The van der Waals surface area contributed by atoms with E-state index >= 15 is 0 Å². The van der Waals surface area contributed by atoms with Gasteiger partial charge in [0.25, 0.3) is 0 Å². The molecule has 0 amide bonds. The lowest BCUT2D eigenvalue weighted by Crippen LogP contribution is -2.02. The summed E-state index contributed by atoms with van der Waals surface area (Å²) in [5, 5.41) is 4.59. The molecule has 0 aromatic carbocycles. The van der Waals surface area contributed by atoms with Crippen LogP contribution in [0.25, 0.3) is 11.1 Å². The molecule has 0 aliphatic carbocycles. The molecular formula is C22H29N5. The topological polar surface area (TPSA) is 69.1 Å². The Bertz CT molecular complexity index is 948. The van der Waals surface area contributed by atoms with Crippen LogP contribution in [-0.4, -0.2) is 19.6 Å². The molecule has 0 spiro atoms. The number of hydrogen-bond donors (Lipinski definition) is 1. The summed E-state index contributed by atoms with van der Waals surface area (Å²) in [6.07, 6.45) is 12.8. The number of rotatable bonds is 7. The molecule has 0 unspecified atom stereocenters. The van der Waals surface area contributed by atoms with Gasteiger partial charge in [0.15, 0.2) is 0 Å². The minimum atomic E-state index is 0.308. The summed E-state index contributed by atoms with van der Waals surface area (Å²) in [6.45, 7) is 8.52. The van der Waals surface area contributed by atoms with Crippen LogP contribution in [-0.2, 0) is 0 Å². The molecule has 0 bridgehead atoms. The Morgan fingerprint density at radius 1 is 1.22 bits per heavy atom. The van der Waals surface area contributed by atoms with E-state index in [4.69, 9.17) is 5.73 Å². The fraction of sp³-hybridized carbons (Fsp3) is 0.409. The Balaban J connectivity index is 2.08. The van der Waals surface area contributed by atoms with Crippen LogP contribution in [0.15, 0.2) is 36.8 Å². The first-order valence-corrected chi connectivity index (χ1v) is 9.82. The third kappa shape index (κ3) is 3.87. The van der Waals surface area contributed by atoms with Gasteiger partial charge in [-0.3, -0.25) is 0 Å². The van der Waals surface area contributed by atoms with E-state index in [0.29, 0.717) is 11.9 Å². The standard InChI is InChI=1S/C22H29N5/c1-5-8-16(9-6-2)20-14-25-27-11-10-17(12-21(20)27)18(7-3)19-13-24-22(23)26-15(19)4/h7,10-14,16H,5-6,8-9H2,1-4H3,(H2,23,24,26)/b18-7-. The average Bonchev–Trinajstić information content (AvgIpc) is 3.07. The molecule has 0 aliphatic heterocycles. The van der Waals surface area contributed by atoms with E-state index in [-0.39, 0.29) is 0 Å². The second-order valence-electron chi connectivity index (χ2n) is 7.05. The van der Waals surface area contributed by atoms with Crippen LogP contribution in [0.3, 0.4) is 0 Å². The number of fused-ring (bicyclic) bond motifs is 1. The smallest absolute Gasteiger partial charge is 0.220 e. The monoisotopic (exact) mass is 363 g/mol. The summed E-state index contributed by atoms with van der Waals surface area (Å²) in [7, 11) is 0. The number of nitrogen functional groups attached to an aromatic ring is 1. The lowest BCUT2D eigenvalue weighted by atomic mass is 9.90. The van der Waals surface area contributed by atoms with Crippen molar-refractivity contribution < 1.29 is 0 Å². The highest BCUT2D eigenvalue weighted by Crippen LogP contribution is 2.32. The van der Waals surface area contributed by atoms with Crippen LogP contribution in [0.2, 0.25) is 0 Å². The van der Waals surface area contributed by atoms with E-state index in [9.17, 15) is 0 Å².